The van der Waals surface area contributed by atoms with E-state index in [9.17, 15) is 9.59 Å². The third-order valence-electron chi connectivity index (χ3n) is 3.00. The molecular weight excluding hydrogens is 232 g/mol. The number of nitrogens with two attached hydrogens (primary N) is 1. The number of amides is 1. The maximum absolute atomic E-state index is 12.4. The Bertz CT molecular complexity index is 295. The highest BCUT2D eigenvalue weighted by Crippen LogP contribution is 2.21. The summed E-state index contributed by atoms with van der Waals surface area (Å²) in [7, 11) is 0. The van der Waals surface area contributed by atoms with Gasteiger partial charge in [0, 0.05) is 18.6 Å². The SMILES string of the molecule is CC(C)C(CN)C(=O)N(CCC(=O)O)C(C)(C)C. The molecule has 0 radical (unpaired) electrons. The summed E-state index contributed by atoms with van der Waals surface area (Å²) in [6, 6.07) is 0. The van der Waals surface area contributed by atoms with Crippen molar-refractivity contribution in [1.29, 1.82) is 0 Å². The van der Waals surface area contributed by atoms with Gasteiger partial charge in [0.15, 0.2) is 0 Å². The van der Waals surface area contributed by atoms with Crippen molar-refractivity contribution in [3.05, 3.63) is 0 Å². The molecule has 18 heavy (non-hydrogen) atoms. The first kappa shape index (κ1) is 16.9. The van der Waals surface area contributed by atoms with Gasteiger partial charge in [0.25, 0.3) is 0 Å². The van der Waals surface area contributed by atoms with Gasteiger partial charge in [-0.3, -0.25) is 9.59 Å². The summed E-state index contributed by atoms with van der Waals surface area (Å²) in [4.78, 5) is 24.7. The van der Waals surface area contributed by atoms with Crippen molar-refractivity contribution in [3.8, 4) is 0 Å². The number of carbonyl (C=O) groups excluding carboxylic acids is 1. The average molecular weight is 258 g/mol. The number of hydrogen-bond acceptors (Lipinski definition) is 3. The van der Waals surface area contributed by atoms with Crippen LogP contribution in [0.25, 0.3) is 0 Å². The van der Waals surface area contributed by atoms with Gasteiger partial charge in [-0.05, 0) is 26.7 Å². The summed E-state index contributed by atoms with van der Waals surface area (Å²) in [5, 5.41) is 8.75. The van der Waals surface area contributed by atoms with E-state index in [1.54, 1.807) is 4.90 Å². The largest absolute Gasteiger partial charge is 0.481 e. The molecule has 0 aliphatic rings. The van der Waals surface area contributed by atoms with E-state index in [0.29, 0.717) is 0 Å². The van der Waals surface area contributed by atoms with Gasteiger partial charge in [0.2, 0.25) is 5.91 Å². The van der Waals surface area contributed by atoms with Crippen LogP contribution in [0.1, 0.15) is 41.0 Å². The molecule has 0 aromatic rings. The topological polar surface area (TPSA) is 83.6 Å². The predicted octanol–water partition coefficient (Wildman–Crippen LogP) is 1.32. The lowest BCUT2D eigenvalue weighted by Gasteiger charge is -2.38. The molecule has 1 unspecified atom stereocenters. The second-order valence-corrected chi connectivity index (χ2v) is 5.89. The molecule has 0 spiro atoms. The number of aliphatic carboxylic acids is 1. The number of carboxylic acid groups (broad SMARTS) is 1. The van der Waals surface area contributed by atoms with Crippen LogP contribution in [0.4, 0.5) is 0 Å². The molecule has 1 atom stereocenters. The molecule has 5 nitrogen and oxygen atoms in total. The number of carboxylic acids is 1. The molecule has 0 rings (SSSR count). The van der Waals surface area contributed by atoms with Crippen LogP contribution in [-0.2, 0) is 9.59 Å². The molecule has 0 heterocycles. The van der Waals surface area contributed by atoms with Crippen LogP contribution in [-0.4, -0.2) is 40.5 Å². The monoisotopic (exact) mass is 258 g/mol. The molecule has 0 aliphatic carbocycles. The van der Waals surface area contributed by atoms with E-state index in [1.807, 2.05) is 34.6 Å². The van der Waals surface area contributed by atoms with E-state index in [2.05, 4.69) is 0 Å². The molecule has 0 bridgehead atoms. The standard InChI is InChI=1S/C13H26N2O3/c1-9(2)10(8-14)12(18)15(13(3,4)5)7-6-11(16)17/h9-10H,6-8,14H2,1-5H3,(H,16,17). The second-order valence-electron chi connectivity index (χ2n) is 5.89. The summed E-state index contributed by atoms with van der Waals surface area (Å²) in [5.74, 6) is -1.05. The number of hydrogen-bond donors (Lipinski definition) is 2. The Kier molecular flexibility index (Phi) is 6.32. The third-order valence-corrected chi connectivity index (χ3v) is 3.00. The maximum atomic E-state index is 12.4. The van der Waals surface area contributed by atoms with Gasteiger partial charge in [-0.1, -0.05) is 13.8 Å². The molecule has 1 amide bonds. The third kappa shape index (κ3) is 5.04. The Labute approximate surface area is 109 Å². The first-order valence-electron chi connectivity index (χ1n) is 6.34. The Morgan fingerprint density at radius 3 is 2.06 bits per heavy atom. The lowest BCUT2D eigenvalue weighted by Crippen LogP contribution is -2.51. The zero-order chi connectivity index (χ0) is 14.5. The number of nitrogens with zero attached hydrogens (tertiary/aromatic N) is 1. The lowest BCUT2D eigenvalue weighted by molar-refractivity contribution is -0.143. The van der Waals surface area contributed by atoms with Gasteiger partial charge in [0.05, 0.1) is 12.3 Å². The fraction of sp³-hybridized carbons (Fsp3) is 0.846. The minimum Gasteiger partial charge on any atom is -0.481 e. The van der Waals surface area contributed by atoms with Gasteiger partial charge in [-0.15, -0.1) is 0 Å². The van der Waals surface area contributed by atoms with Crippen molar-refractivity contribution in [2.75, 3.05) is 13.1 Å². The van der Waals surface area contributed by atoms with Crippen LogP contribution in [0.2, 0.25) is 0 Å². The fourth-order valence-electron chi connectivity index (χ4n) is 1.84. The first-order valence-corrected chi connectivity index (χ1v) is 6.34. The van der Waals surface area contributed by atoms with E-state index in [1.165, 1.54) is 0 Å². The molecule has 0 saturated heterocycles. The minimum atomic E-state index is -0.897. The Morgan fingerprint density at radius 2 is 1.78 bits per heavy atom. The Balaban J connectivity index is 4.95. The zero-order valence-electron chi connectivity index (χ0n) is 12.1. The van der Waals surface area contributed by atoms with Crippen molar-refractivity contribution < 1.29 is 14.7 Å². The van der Waals surface area contributed by atoms with E-state index in [4.69, 9.17) is 10.8 Å². The van der Waals surface area contributed by atoms with E-state index >= 15 is 0 Å². The van der Waals surface area contributed by atoms with E-state index in [-0.39, 0.29) is 37.3 Å². The molecule has 0 saturated carbocycles. The van der Waals surface area contributed by atoms with Gasteiger partial charge < -0.3 is 15.7 Å². The molecule has 0 fully saturated rings. The first-order chi connectivity index (χ1) is 8.11. The smallest absolute Gasteiger partial charge is 0.305 e. The average Bonchev–Trinajstić information content (AvgIpc) is 2.15. The van der Waals surface area contributed by atoms with Crippen LogP contribution >= 0.6 is 0 Å². The van der Waals surface area contributed by atoms with Crippen LogP contribution in [0.3, 0.4) is 0 Å². The Morgan fingerprint density at radius 1 is 1.28 bits per heavy atom. The van der Waals surface area contributed by atoms with E-state index in [0.717, 1.165) is 0 Å². The molecular formula is C13H26N2O3. The normalized spacial score (nSPS) is 13.5. The van der Waals surface area contributed by atoms with Crippen LogP contribution in [0.15, 0.2) is 0 Å². The molecule has 3 N–H and O–H groups in total. The highest BCUT2D eigenvalue weighted by atomic mass is 16.4. The van der Waals surface area contributed by atoms with Crippen molar-refractivity contribution in [2.24, 2.45) is 17.6 Å². The van der Waals surface area contributed by atoms with Gasteiger partial charge >= 0.3 is 5.97 Å². The van der Waals surface area contributed by atoms with Crippen molar-refractivity contribution >= 4 is 11.9 Å². The molecule has 0 aromatic heterocycles. The van der Waals surface area contributed by atoms with Crippen LogP contribution < -0.4 is 5.73 Å². The summed E-state index contributed by atoms with van der Waals surface area (Å²) in [6.07, 6.45) is -0.0433. The van der Waals surface area contributed by atoms with Crippen molar-refractivity contribution in [2.45, 2.75) is 46.6 Å². The maximum Gasteiger partial charge on any atom is 0.305 e. The quantitative estimate of drug-likeness (QED) is 0.752. The molecule has 5 heteroatoms. The zero-order valence-corrected chi connectivity index (χ0v) is 12.1. The van der Waals surface area contributed by atoms with Gasteiger partial charge in [0.1, 0.15) is 0 Å². The number of carbonyl (C=O) groups is 2. The molecule has 0 aliphatic heterocycles. The van der Waals surface area contributed by atoms with Crippen molar-refractivity contribution in [1.82, 2.24) is 4.90 Å². The van der Waals surface area contributed by atoms with Gasteiger partial charge in [-0.2, -0.15) is 0 Å². The minimum absolute atomic E-state index is 0.0433. The summed E-state index contributed by atoms with van der Waals surface area (Å²) in [6.45, 7) is 10.1. The lowest BCUT2D eigenvalue weighted by atomic mass is 9.92. The molecule has 0 aromatic carbocycles. The highest BCUT2D eigenvalue weighted by Gasteiger charge is 2.32. The van der Waals surface area contributed by atoms with Crippen LogP contribution in [0.5, 0.6) is 0 Å². The predicted molar refractivity (Wildman–Crippen MR) is 71.1 cm³/mol. The second kappa shape index (κ2) is 6.73. The highest BCUT2D eigenvalue weighted by molar-refractivity contribution is 5.80. The number of rotatable bonds is 6. The van der Waals surface area contributed by atoms with E-state index < -0.39 is 11.5 Å². The summed E-state index contributed by atoms with van der Waals surface area (Å²) in [5.41, 5.74) is 5.25. The fourth-order valence-corrected chi connectivity index (χ4v) is 1.84. The van der Waals surface area contributed by atoms with Crippen LogP contribution in [0, 0.1) is 11.8 Å². The van der Waals surface area contributed by atoms with Gasteiger partial charge in [-0.25, -0.2) is 0 Å². The Hall–Kier alpha value is -1.10. The summed E-state index contributed by atoms with van der Waals surface area (Å²) >= 11 is 0. The van der Waals surface area contributed by atoms with Crippen molar-refractivity contribution in [3.63, 3.8) is 0 Å². The summed E-state index contributed by atoms with van der Waals surface area (Å²) < 4.78 is 0. The molecule has 106 valence electrons.